The Kier molecular flexibility index (Phi) is 5.15. The number of hydrogen-bond acceptors (Lipinski definition) is 3. The van der Waals surface area contributed by atoms with E-state index in [2.05, 4.69) is 5.10 Å². The van der Waals surface area contributed by atoms with E-state index in [4.69, 9.17) is 10.4 Å². The van der Waals surface area contributed by atoms with E-state index in [9.17, 15) is 4.79 Å². The van der Waals surface area contributed by atoms with Gasteiger partial charge in [-0.3, -0.25) is 4.68 Å². The predicted molar refractivity (Wildman–Crippen MR) is 58.4 cm³/mol. The van der Waals surface area contributed by atoms with Gasteiger partial charge in [0.2, 0.25) is 0 Å². The normalized spacial score (nSPS) is 14.7. The van der Waals surface area contributed by atoms with Gasteiger partial charge in [0.15, 0.2) is 5.69 Å². The fourth-order valence-corrected chi connectivity index (χ4v) is 1.69. The summed E-state index contributed by atoms with van der Waals surface area (Å²) in [5.41, 5.74) is -0.00125. The van der Waals surface area contributed by atoms with Crippen molar-refractivity contribution in [3.8, 4) is 6.07 Å². The molecule has 1 aliphatic rings. The molecule has 1 saturated carbocycles. The van der Waals surface area contributed by atoms with Gasteiger partial charge in [-0.25, -0.2) is 4.79 Å². The molecule has 1 fully saturated rings. The molecule has 0 spiro atoms. The van der Waals surface area contributed by atoms with Gasteiger partial charge in [0, 0.05) is 12.7 Å². The molecule has 1 aliphatic carbocycles. The van der Waals surface area contributed by atoms with Crippen molar-refractivity contribution in [2.45, 2.75) is 25.8 Å². The second-order valence-corrected chi connectivity index (χ2v) is 3.83. The Morgan fingerprint density at radius 2 is 2.38 bits per heavy atom. The first kappa shape index (κ1) is 13.9. The molecule has 80 valence electrons. The summed E-state index contributed by atoms with van der Waals surface area (Å²) in [4.78, 5) is 10.8. The van der Waals surface area contributed by atoms with Gasteiger partial charge in [-0.15, -0.1) is 0 Å². The van der Waals surface area contributed by atoms with E-state index in [1.807, 2.05) is 0 Å². The van der Waals surface area contributed by atoms with Crippen LogP contribution in [0.15, 0.2) is 6.20 Å². The molecule has 1 aromatic rings. The standard InChI is InChI=1S/C10H11N3O2.K.H/c11-4-9-8(10(14)15)6-13(12-9)5-7-2-1-3-7;;/h6-7H,1-3,5H2,(H,14,15);;. The number of aromatic nitrogens is 2. The molecule has 0 unspecified atom stereocenters. The van der Waals surface area contributed by atoms with Crippen molar-refractivity contribution in [1.29, 1.82) is 5.26 Å². The van der Waals surface area contributed by atoms with Crippen molar-refractivity contribution in [3.05, 3.63) is 17.5 Å². The van der Waals surface area contributed by atoms with E-state index in [1.54, 1.807) is 10.8 Å². The molecule has 0 bridgehead atoms. The number of nitriles is 1. The zero-order valence-electron chi connectivity index (χ0n) is 8.18. The Balaban J connectivity index is 0.00000128. The SMILES string of the molecule is N#Cc1nn(CC2CCC2)cc1C(=O)O.[KH]. The Labute approximate surface area is 136 Å². The summed E-state index contributed by atoms with van der Waals surface area (Å²) >= 11 is 0. The van der Waals surface area contributed by atoms with E-state index in [0.717, 1.165) is 6.54 Å². The number of carboxylic acids is 1. The van der Waals surface area contributed by atoms with Crippen LogP contribution in [0.2, 0.25) is 0 Å². The Hall–Kier alpha value is -0.194. The predicted octanol–water partition coefficient (Wildman–Crippen LogP) is 0.605. The van der Waals surface area contributed by atoms with E-state index >= 15 is 0 Å². The third-order valence-corrected chi connectivity index (χ3v) is 2.77. The van der Waals surface area contributed by atoms with Crippen molar-refractivity contribution in [2.24, 2.45) is 5.92 Å². The Morgan fingerprint density at radius 3 is 2.75 bits per heavy atom. The van der Waals surface area contributed by atoms with Gasteiger partial charge < -0.3 is 5.11 Å². The molecule has 0 aromatic carbocycles. The third kappa shape index (κ3) is 2.93. The second kappa shape index (κ2) is 5.94. The van der Waals surface area contributed by atoms with Gasteiger partial charge >= 0.3 is 57.4 Å². The van der Waals surface area contributed by atoms with Crippen LogP contribution in [0.3, 0.4) is 0 Å². The van der Waals surface area contributed by atoms with Crippen molar-refractivity contribution >= 4 is 57.4 Å². The van der Waals surface area contributed by atoms with Crippen molar-refractivity contribution < 1.29 is 9.90 Å². The number of aromatic carboxylic acids is 1. The monoisotopic (exact) mass is 245 g/mol. The fourth-order valence-electron chi connectivity index (χ4n) is 1.69. The number of rotatable bonds is 3. The average molecular weight is 245 g/mol. The molecular formula is C10H12KN3O2. The number of carboxylic acid groups (broad SMARTS) is 1. The zero-order valence-corrected chi connectivity index (χ0v) is 8.18. The first-order chi connectivity index (χ1) is 7.20. The summed E-state index contributed by atoms with van der Waals surface area (Å²) in [7, 11) is 0. The second-order valence-electron chi connectivity index (χ2n) is 3.83. The van der Waals surface area contributed by atoms with Gasteiger partial charge in [-0.05, 0) is 18.8 Å². The van der Waals surface area contributed by atoms with Crippen LogP contribution in [-0.4, -0.2) is 72.2 Å². The summed E-state index contributed by atoms with van der Waals surface area (Å²) in [6, 6.07) is 1.79. The van der Waals surface area contributed by atoms with Gasteiger partial charge in [0.25, 0.3) is 0 Å². The molecule has 0 atom stereocenters. The van der Waals surface area contributed by atoms with Gasteiger partial charge in [0.1, 0.15) is 11.6 Å². The zero-order chi connectivity index (χ0) is 10.8. The maximum atomic E-state index is 10.8. The minimum absolute atomic E-state index is 0. The molecule has 5 nitrogen and oxygen atoms in total. The van der Waals surface area contributed by atoms with Gasteiger partial charge in [-0.1, -0.05) is 6.42 Å². The number of nitrogens with zero attached hydrogens (tertiary/aromatic N) is 3. The summed E-state index contributed by atoms with van der Waals surface area (Å²) in [6.45, 7) is 0.724. The molecule has 16 heavy (non-hydrogen) atoms. The van der Waals surface area contributed by atoms with E-state index in [1.165, 1.54) is 25.5 Å². The molecule has 0 amide bonds. The third-order valence-electron chi connectivity index (χ3n) is 2.77. The van der Waals surface area contributed by atoms with Crippen LogP contribution in [0.1, 0.15) is 35.3 Å². The fraction of sp³-hybridized carbons (Fsp3) is 0.500. The van der Waals surface area contributed by atoms with Crippen molar-refractivity contribution in [2.75, 3.05) is 0 Å². The van der Waals surface area contributed by atoms with Crippen molar-refractivity contribution in [3.63, 3.8) is 0 Å². The van der Waals surface area contributed by atoms with Crippen molar-refractivity contribution in [1.82, 2.24) is 9.78 Å². The molecular weight excluding hydrogens is 233 g/mol. The molecule has 1 heterocycles. The number of hydrogen-bond donors (Lipinski definition) is 1. The molecule has 1 N–H and O–H groups in total. The quantitative estimate of drug-likeness (QED) is 0.791. The van der Waals surface area contributed by atoms with E-state index < -0.39 is 5.97 Å². The topological polar surface area (TPSA) is 78.9 Å². The minimum atomic E-state index is -1.09. The molecule has 0 saturated heterocycles. The van der Waals surface area contributed by atoms with E-state index in [0.29, 0.717) is 5.92 Å². The molecule has 1 aromatic heterocycles. The molecule has 0 aliphatic heterocycles. The summed E-state index contributed by atoms with van der Waals surface area (Å²) < 4.78 is 1.58. The molecule has 2 rings (SSSR count). The van der Waals surface area contributed by atoms with Crippen LogP contribution < -0.4 is 0 Å². The summed E-state index contributed by atoms with van der Waals surface area (Å²) in [5.74, 6) is -0.496. The molecule has 0 radical (unpaired) electrons. The first-order valence-corrected chi connectivity index (χ1v) is 4.91. The van der Waals surface area contributed by atoms with Crippen LogP contribution in [-0.2, 0) is 6.54 Å². The Bertz CT molecular complexity index is 432. The van der Waals surface area contributed by atoms with Crippen LogP contribution >= 0.6 is 0 Å². The maximum absolute atomic E-state index is 10.8. The average Bonchev–Trinajstić information content (AvgIpc) is 2.54. The summed E-state index contributed by atoms with van der Waals surface area (Å²) in [5, 5.41) is 21.5. The first-order valence-electron chi connectivity index (χ1n) is 4.91. The van der Waals surface area contributed by atoms with Crippen LogP contribution in [0.4, 0.5) is 0 Å². The van der Waals surface area contributed by atoms with Crippen LogP contribution in [0.25, 0.3) is 0 Å². The molecule has 6 heteroatoms. The van der Waals surface area contributed by atoms with Crippen LogP contribution in [0.5, 0.6) is 0 Å². The summed E-state index contributed by atoms with van der Waals surface area (Å²) in [6.07, 6.45) is 5.02. The van der Waals surface area contributed by atoms with Gasteiger partial charge in [-0.2, -0.15) is 10.4 Å². The Morgan fingerprint density at radius 1 is 1.69 bits per heavy atom. The van der Waals surface area contributed by atoms with Crippen LogP contribution in [0, 0.1) is 17.2 Å². The number of carbonyl (C=O) groups is 1. The van der Waals surface area contributed by atoms with Gasteiger partial charge in [0.05, 0.1) is 0 Å². The van der Waals surface area contributed by atoms with E-state index in [-0.39, 0.29) is 62.6 Å².